The van der Waals surface area contributed by atoms with Gasteiger partial charge in [-0.05, 0) is 24.6 Å². The molecule has 2 rings (SSSR count). The van der Waals surface area contributed by atoms with Gasteiger partial charge in [0.15, 0.2) is 27.9 Å². The number of ether oxygens (including phenoxy) is 2. The number of carbonyl (C=O) groups excluding carboxylic acids is 1. The number of methoxy groups -OCH3 is 1. The van der Waals surface area contributed by atoms with Crippen molar-refractivity contribution < 1.29 is 36.3 Å². The van der Waals surface area contributed by atoms with Crippen LogP contribution in [0.5, 0.6) is 11.5 Å². The highest BCUT2D eigenvalue weighted by Gasteiger charge is 2.28. The molecular formula is C15H18F2N2O6S. The molecule has 1 atom stereocenters. The largest absolute Gasteiger partial charge is 0.493 e. The van der Waals surface area contributed by atoms with Gasteiger partial charge in [-0.25, -0.2) is 8.42 Å². The summed E-state index contributed by atoms with van der Waals surface area (Å²) in [6.07, 6.45) is 1.64. The van der Waals surface area contributed by atoms with Gasteiger partial charge >= 0.3 is 6.61 Å². The SMILES string of the molecule is COc1cc(/C=N/OCC(=O)NC2CCS(=O)(=O)C2)ccc1OC(F)F. The van der Waals surface area contributed by atoms with Crippen molar-refractivity contribution in [3.05, 3.63) is 23.8 Å². The number of amides is 1. The van der Waals surface area contributed by atoms with Crippen molar-refractivity contribution in [3.63, 3.8) is 0 Å². The van der Waals surface area contributed by atoms with Gasteiger partial charge < -0.3 is 19.6 Å². The predicted octanol–water partition coefficient (Wildman–Crippen LogP) is 0.950. The first-order valence-electron chi connectivity index (χ1n) is 7.57. The van der Waals surface area contributed by atoms with E-state index in [0.717, 1.165) is 0 Å². The molecule has 1 aromatic carbocycles. The molecule has 1 fully saturated rings. The lowest BCUT2D eigenvalue weighted by Crippen LogP contribution is -2.37. The molecule has 26 heavy (non-hydrogen) atoms. The van der Waals surface area contributed by atoms with Crippen molar-refractivity contribution in [1.29, 1.82) is 0 Å². The first kappa shape index (κ1) is 19.9. The van der Waals surface area contributed by atoms with Crippen molar-refractivity contribution >= 4 is 22.0 Å². The second-order valence-corrected chi connectivity index (χ2v) is 7.69. The summed E-state index contributed by atoms with van der Waals surface area (Å²) in [5, 5.41) is 6.15. The van der Waals surface area contributed by atoms with Crippen LogP contribution in [0.3, 0.4) is 0 Å². The lowest BCUT2D eigenvalue weighted by molar-refractivity contribution is -0.126. The van der Waals surface area contributed by atoms with Gasteiger partial charge in [0.05, 0.1) is 24.8 Å². The maximum absolute atomic E-state index is 12.3. The van der Waals surface area contributed by atoms with Gasteiger partial charge in [-0.3, -0.25) is 4.79 Å². The summed E-state index contributed by atoms with van der Waals surface area (Å²) in [6.45, 7) is -3.35. The van der Waals surface area contributed by atoms with Gasteiger partial charge in [0.2, 0.25) is 0 Å². The molecule has 0 spiro atoms. The molecule has 1 aromatic rings. The fourth-order valence-corrected chi connectivity index (χ4v) is 4.00. The zero-order chi connectivity index (χ0) is 19.2. The van der Waals surface area contributed by atoms with Crippen LogP contribution in [0.1, 0.15) is 12.0 Å². The number of benzene rings is 1. The summed E-state index contributed by atoms with van der Waals surface area (Å²) in [5.74, 6) is -0.526. The first-order chi connectivity index (χ1) is 12.3. The fourth-order valence-electron chi connectivity index (χ4n) is 2.33. The molecule has 0 radical (unpaired) electrons. The number of nitrogens with zero attached hydrogens (tertiary/aromatic N) is 1. The van der Waals surface area contributed by atoms with Crippen molar-refractivity contribution in [2.24, 2.45) is 5.16 Å². The molecule has 1 amide bonds. The Balaban J connectivity index is 1.81. The number of halogens is 2. The zero-order valence-corrected chi connectivity index (χ0v) is 14.7. The van der Waals surface area contributed by atoms with Crippen molar-refractivity contribution in [2.75, 3.05) is 25.2 Å². The molecule has 0 aromatic heterocycles. The van der Waals surface area contributed by atoms with Crippen LogP contribution >= 0.6 is 0 Å². The van der Waals surface area contributed by atoms with Gasteiger partial charge in [-0.15, -0.1) is 0 Å². The van der Waals surface area contributed by atoms with E-state index in [-0.39, 0.29) is 29.6 Å². The normalized spacial score (nSPS) is 18.8. The summed E-state index contributed by atoms with van der Waals surface area (Å²) in [4.78, 5) is 16.5. The van der Waals surface area contributed by atoms with E-state index in [9.17, 15) is 22.0 Å². The lowest BCUT2D eigenvalue weighted by Gasteiger charge is -2.10. The van der Waals surface area contributed by atoms with Crippen molar-refractivity contribution in [3.8, 4) is 11.5 Å². The Kier molecular flexibility index (Phi) is 6.72. The summed E-state index contributed by atoms with van der Waals surface area (Å²) in [6, 6.07) is 3.75. The molecule has 1 unspecified atom stereocenters. The zero-order valence-electron chi connectivity index (χ0n) is 13.9. The van der Waals surface area contributed by atoms with E-state index < -0.39 is 28.4 Å². The molecule has 11 heteroatoms. The minimum absolute atomic E-state index is 0.0596. The van der Waals surface area contributed by atoms with E-state index in [2.05, 4.69) is 15.2 Å². The Morgan fingerprint density at radius 1 is 1.42 bits per heavy atom. The molecule has 0 saturated carbocycles. The Labute approximate surface area is 149 Å². The molecule has 1 N–H and O–H groups in total. The lowest BCUT2D eigenvalue weighted by atomic mass is 10.2. The number of sulfone groups is 1. The Morgan fingerprint density at radius 2 is 2.19 bits per heavy atom. The van der Waals surface area contributed by atoms with Crippen LogP contribution in [0.4, 0.5) is 8.78 Å². The molecule has 1 aliphatic rings. The number of alkyl halides is 2. The van der Waals surface area contributed by atoms with E-state index in [1.807, 2.05) is 0 Å². The van der Waals surface area contributed by atoms with Crippen LogP contribution in [0.2, 0.25) is 0 Å². The Hall–Kier alpha value is -2.43. The average Bonchev–Trinajstić information content (AvgIpc) is 2.90. The minimum Gasteiger partial charge on any atom is -0.493 e. The van der Waals surface area contributed by atoms with E-state index >= 15 is 0 Å². The molecule has 0 bridgehead atoms. The molecule has 1 heterocycles. The van der Waals surface area contributed by atoms with E-state index in [1.165, 1.54) is 31.5 Å². The highest BCUT2D eigenvalue weighted by atomic mass is 32.2. The molecule has 144 valence electrons. The van der Waals surface area contributed by atoms with E-state index in [1.54, 1.807) is 0 Å². The first-order valence-corrected chi connectivity index (χ1v) is 9.39. The number of hydrogen-bond donors (Lipinski definition) is 1. The quantitative estimate of drug-likeness (QED) is 0.522. The Morgan fingerprint density at radius 3 is 2.81 bits per heavy atom. The van der Waals surface area contributed by atoms with E-state index in [4.69, 9.17) is 9.57 Å². The van der Waals surface area contributed by atoms with Gasteiger partial charge in [0.1, 0.15) is 0 Å². The molecule has 8 nitrogen and oxygen atoms in total. The van der Waals surface area contributed by atoms with Crippen molar-refractivity contribution in [2.45, 2.75) is 19.1 Å². The molecule has 1 saturated heterocycles. The number of oxime groups is 1. The summed E-state index contributed by atoms with van der Waals surface area (Å²) >= 11 is 0. The van der Waals surface area contributed by atoms with Crippen molar-refractivity contribution in [1.82, 2.24) is 5.32 Å². The standard InChI is InChI=1S/C15H18F2N2O6S/c1-23-13-6-10(2-3-12(13)25-15(16)17)7-18-24-8-14(20)19-11-4-5-26(21,22)9-11/h2-3,6-7,11,15H,4-5,8-9H2,1H3,(H,19,20)/b18-7+. The smallest absolute Gasteiger partial charge is 0.387 e. The third kappa shape index (κ3) is 6.14. The van der Waals surface area contributed by atoms with Crippen LogP contribution in [0.15, 0.2) is 23.4 Å². The molecule has 1 aliphatic heterocycles. The van der Waals surface area contributed by atoms with Crippen LogP contribution in [0.25, 0.3) is 0 Å². The summed E-state index contributed by atoms with van der Waals surface area (Å²) in [7, 11) is -1.77. The van der Waals surface area contributed by atoms with Crippen LogP contribution < -0.4 is 14.8 Å². The maximum Gasteiger partial charge on any atom is 0.387 e. The third-order valence-electron chi connectivity index (χ3n) is 3.47. The minimum atomic E-state index is -3.07. The van der Waals surface area contributed by atoms with E-state index in [0.29, 0.717) is 12.0 Å². The molecule has 0 aliphatic carbocycles. The predicted molar refractivity (Wildman–Crippen MR) is 88.4 cm³/mol. The van der Waals surface area contributed by atoms with Gasteiger partial charge in [-0.1, -0.05) is 5.16 Å². The Bertz CT molecular complexity index is 769. The van der Waals surface area contributed by atoms with Crippen LogP contribution in [0, 0.1) is 0 Å². The third-order valence-corrected chi connectivity index (χ3v) is 5.24. The number of hydrogen-bond acceptors (Lipinski definition) is 7. The highest BCUT2D eigenvalue weighted by Crippen LogP contribution is 2.28. The maximum atomic E-state index is 12.3. The second kappa shape index (κ2) is 8.79. The topological polar surface area (TPSA) is 103 Å². The van der Waals surface area contributed by atoms with Gasteiger partial charge in [0, 0.05) is 11.6 Å². The summed E-state index contributed by atoms with van der Waals surface area (Å²) < 4.78 is 56.4. The number of rotatable bonds is 8. The van der Waals surface area contributed by atoms with Crippen LogP contribution in [-0.2, 0) is 19.5 Å². The summed E-state index contributed by atoms with van der Waals surface area (Å²) in [5.41, 5.74) is 0.478. The average molecular weight is 392 g/mol. The van der Waals surface area contributed by atoms with Gasteiger partial charge in [0.25, 0.3) is 5.91 Å². The monoisotopic (exact) mass is 392 g/mol. The number of carbonyl (C=O) groups is 1. The van der Waals surface area contributed by atoms with Crippen LogP contribution in [-0.4, -0.2) is 58.4 Å². The fraction of sp³-hybridized carbons (Fsp3) is 0.467. The highest BCUT2D eigenvalue weighted by molar-refractivity contribution is 7.91. The molecular weight excluding hydrogens is 374 g/mol. The van der Waals surface area contributed by atoms with Gasteiger partial charge in [-0.2, -0.15) is 8.78 Å². The number of nitrogens with one attached hydrogen (secondary N) is 1. The second-order valence-electron chi connectivity index (χ2n) is 5.46.